The average molecular weight is 289 g/mol. The van der Waals surface area contributed by atoms with Crippen LogP contribution in [0, 0.1) is 0 Å². The normalized spacial score (nSPS) is 10.6. The molecule has 0 radical (unpaired) electrons. The highest BCUT2D eigenvalue weighted by atomic mass is 35.5. The molecule has 0 atom stereocenters. The Morgan fingerprint density at radius 3 is 3.00 bits per heavy atom. The molecule has 94 valence electrons. The van der Waals surface area contributed by atoms with Gasteiger partial charge in [0.25, 0.3) is 5.91 Å². The molecule has 0 fully saturated rings. The van der Waals surface area contributed by atoms with Crippen LogP contribution in [0.25, 0.3) is 10.1 Å². The molecule has 0 unspecified atom stereocenters. The van der Waals surface area contributed by atoms with E-state index in [1.807, 2.05) is 29.6 Å². The fourth-order valence-electron chi connectivity index (χ4n) is 1.79. The minimum Gasteiger partial charge on any atom is -0.322 e. The smallest absolute Gasteiger partial charge is 0.258 e. The number of carbonyl (C=O) groups excluding carboxylic acids is 1. The van der Waals surface area contributed by atoms with Gasteiger partial charge in [-0.25, -0.2) is 0 Å². The van der Waals surface area contributed by atoms with Gasteiger partial charge in [-0.15, -0.1) is 11.3 Å². The van der Waals surface area contributed by atoms with Gasteiger partial charge in [-0.1, -0.05) is 11.6 Å². The summed E-state index contributed by atoms with van der Waals surface area (Å²) < 4.78 is 1.19. The van der Waals surface area contributed by atoms with Crippen molar-refractivity contribution < 1.29 is 4.79 Å². The molecule has 0 spiro atoms. The van der Waals surface area contributed by atoms with E-state index in [-0.39, 0.29) is 5.91 Å². The maximum Gasteiger partial charge on any atom is 0.258 e. The number of fused-ring (bicyclic) bond motifs is 1. The number of anilines is 1. The van der Waals surface area contributed by atoms with E-state index >= 15 is 0 Å². The Labute approximate surface area is 118 Å². The van der Waals surface area contributed by atoms with Crippen molar-refractivity contribution in [2.45, 2.75) is 0 Å². The molecule has 3 rings (SSSR count). The lowest BCUT2D eigenvalue weighted by molar-refractivity contribution is 0.102. The predicted molar refractivity (Wildman–Crippen MR) is 79.0 cm³/mol. The quantitative estimate of drug-likeness (QED) is 0.768. The molecule has 0 aliphatic carbocycles. The zero-order valence-corrected chi connectivity index (χ0v) is 11.3. The van der Waals surface area contributed by atoms with E-state index in [1.165, 1.54) is 10.9 Å². The van der Waals surface area contributed by atoms with E-state index < -0.39 is 0 Å². The highest BCUT2D eigenvalue weighted by Crippen LogP contribution is 2.24. The number of halogens is 1. The van der Waals surface area contributed by atoms with Crippen LogP contribution in [0.15, 0.2) is 48.1 Å². The molecule has 2 aromatic heterocycles. The second kappa shape index (κ2) is 4.99. The Hall–Kier alpha value is -1.91. The summed E-state index contributed by atoms with van der Waals surface area (Å²) in [4.78, 5) is 16.0. The number of amides is 1. The number of nitrogens with one attached hydrogen (secondary N) is 1. The summed E-state index contributed by atoms with van der Waals surface area (Å²) in [7, 11) is 0. The summed E-state index contributed by atoms with van der Waals surface area (Å²) in [5, 5.41) is 6.35. The van der Waals surface area contributed by atoms with Gasteiger partial charge >= 0.3 is 0 Å². The largest absolute Gasteiger partial charge is 0.322 e. The molecule has 0 aliphatic heterocycles. The number of carbonyl (C=O) groups is 1. The number of hydrogen-bond acceptors (Lipinski definition) is 3. The van der Waals surface area contributed by atoms with Crippen LogP contribution >= 0.6 is 22.9 Å². The Bertz CT molecular complexity index is 754. The van der Waals surface area contributed by atoms with Crippen LogP contribution in [0.2, 0.25) is 5.02 Å². The van der Waals surface area contributed by atoms with Crippen LogP contribution < -0.4 is 5.32 Å². The van der Waals surface area contributed by atoms with Crippen molar-refractivity contribution in [1.29, 1.82) is 0 Å². The molecular formula is C14H9ClN2OS. The second-order valence-corrected chi connectivity index (χ2v) is 5.34. The molecule has 1 N–H and O–H groups in total. The van der Waals surface area contributed by atoms with E-state index in [4.69, 9.17) is 11.6 Å². The monoisotopic (exact) mass is 288 g/mol. The van der Waals surface area contributed by atoms with E-state index in [1.54, 1.807) is 23.6 Å². The highest BCUT2D eigenvalue weighted by Gasteiger charge is 2.10. The van der Waals surface area contributed by atoms with Crippen molar-refractivity contribution in [2.75, 3.05) is 5.32 Å². The van der Waals surface area contributed by atoms with Gasteiger partial charge in [0, 0.05) is 22.8 Å². The van der Waals surface area contributed by atoms with Crippen molar-refractivity contribution in [3.05, 3.63) is 58.7 Å². The van der Waals surface area contributed by atoms with Gasteiger partial charge < -0.3 is 5.32 Å². The van der Waals surface area contributed by atoms with E-state index in [0.717, 1.165) is 11.1 Å². The summed E-state index contributed by atoms with van der Waals surface area (Å²) in [5.74, 6) is -0.257. The molecule has 0 saturated heterocycles. The molecule has 1 aromatic carbocycles. The fourth-order valence-corrected chi connectivity index (χ4v) is 2.75. The van der Waals surface area contributed by atoms with Crippen LogP contribution in [0.5, 0.6) is 0 Å². The van der Waals surface area contributed by atoms with Gasteiger partial charge in [0.1, 0.15) is 0 Å². The molecule has 0 aliphatic rings. The van der Waals surface area contributed by atoms with Crippen molar-refractivity contribution in [3.8, 4) is 0 Å². The van der Waals surface area contributed by atoms with Gasteiger partial charge in [0.15, 0.2) is 0 Å². The Kier molecular flexibility index (Phi) is 3.19. The summed E-state index contributed by atoms with van der Waals surface area (Å²) in [6, 6.07) is 9.42. The summed E-state index contributed by atoms with van der Waals surface area (Å²) >= 11 is 7.63. The average Bonchev–Trinajstić information content (AvgIpc) is 2.86. The number of rotatable bonds is 2. The predicted octanol–water partition coefficient (Wildman–Crippen LogP) is 4.20. The van der Waals surface area contributed by atoms with Crippen molar-refractivity contribution >= 4 is 44.6 Å². The minimum atomic E-state index is -0.257. The van der Waals surface area contributed by atoms with Crippen LogP contribution in [-0.4, -0.2) is 10.9 Å². The number of nitrogens with zero attached hydrogens (tertiary/aromatic N) is 1. The summed E-state index contributed by atoms with van der Waals surface area (Å²) in [6.07, 6.45) is 3.01. The molecule has 19 heavy (non-hydrogen) atoms. The first-order valence-electron chi connectivity index (χ1n) is 5.62. The number of thiophene rings is 1. The molecule has 3 aromatic rings. The van der Waals surface area contributed by atoms with E-state index in [9.17, 15) is 4.79 Å². The topological polar surface area (TPSA) is 42.0 Å². The zero-order valence-electron chi connectivity index (χ0n) is 9.76. The van der Waals surface area contributed by atoms with Gasteiger partial charge in [0.05, 0.1) is 10.6 Å². The number of benzene rings is 1. The second-order valence-electron chi connectivity index (χ2n) is 3.98. The van der Waals surface area contributed by atoms with Gasteiger partial charge in [-0.2, -0.15) is 0 Å². The Morgan fingerprint density at radius 2 is 2.16 bits per heavy atom. The SMILES string of the molecule is O=C(Nc1ccc2sccc2c1)c1cnccc1Cl. The lowest BCUT2D eigenvalue weighted by atomic mass is 10.2. The summed E-state index contributed by atoms with van der Waals surface area (Å²) in [5.41, 5.74) is 1.12. The van der Waals surface area contributed by atoms with Crippen LogP contribution in [0.1, 0.15) is 10.4 Å². The Morgan fingerprint density at radius 1 is 1.26 bits per heavy atom. The molecule has 2 heterocycles. The number of aromatic nitrogens is 1. The molecule has 0 saturated carbocycles. The van der Waals surface area contributed by atoms with Crippen LogP contribution in [0.4, 0.5) is 5.69 Å². The maximum atomic E-state index is 12.1. The van der Waals surface area contributed by atoms with Gasteiger partial charge in [-0.3, -0.25) is 9.78 Å². The highest BCUT2D eigenvalue weighted by molar-refractivity contribution is 7.17. The van der Waals surface area contributed by atoms with E-state index in [2.05, 4.69) is 10.3 Å². The lowest BCUT2D eigenvalue weighted by Gasteiger charge is -2.06. The third-order valence-electron chi connectivity index (χ3n) is 2.72. The number of hydrogen-bond donors (Lipinski definition) is 1. The molecule has 3 nitrogen and oxygen atoms in total. The maximum absolute atomic E-state index is 12.1. The summed E-state index contributed by atoms with van der Waals surface area (Å²) in [6.45, 7) is 0. The molecule has 1 amide bonds. The third-order valence-corrected chi connectivity index (χ3v) is 3.95. The first-order valence-corrected chi connectivity index (χ1v) is 6.88. The first kappa shape index (κ1) is 12.1. The van der Waals surface area contributed by atoms with Crippen molar-refractivity contribution in [1.82, 2.24) is 4.98 Å². The first-order chi connectivity index (χ1) is 9.24. The van der Waals surface area contributed by atoms with Crippen molar-refractivity contribution in [3.63, 3.8) is 0 Å². The number of pyridine rings is 1. The lowest BCUT2D eigenvalue weighted by Crippen LogP contribution is -2.12. The third kappa shape index (κ3) is 2.45. The van der Waals surface area contributed by atoms with Gasteiger partial charge in [-0.05, 0) is 41.1 Å². The minimum absolute atomic E-state index is 0.257. The molecular weight excluding hydrogens is 280 g/mol. The van der Waals surface area contributed by atoms with Crippen LogP contribution in [0.3, 0.4) is 0 Å². The zero-order chi connectivity index (χ0) is 13.2. The molecule has 5 heteroatoms. The fraction of sp³-hybridized carbons (Fsp3) is 0. The van der Waals surface area contributed by atoms with Crippen LogP contribution in [-0.2, 0) is 0 Å². The van der Waals surface area contributed by atoms with E-state index in [0.29, 0.717) is 10.6 Å². The van der Waals surface area contributed by atoms with Crippen molar-refractivity contribution in [2.24, 2.45) is 0 Å². The molecule has 0 bridgehead atoms. The Balaban J connectivity index is 1.88. The van der Waals surface area contributed by atoms with Gasteiger partial charge in [0.2, 0.25) is 0 Å². The standard InChI is InChI=1S/C14H9ClN2OS/c15-12-3-5-16-8-11(12)14(18)17-10-1-2-13-9(7-10)4-6-19-13/h1-8H,(H,17,18).